The van der Waals surface area contributed by atoms with Gasteiger partial charge in [0.25, 0.3) is 5.56 Å². The molecule has 1 heterocycles. The quantitative estimate of drug-likeness (QED) is 0.848. The third-order valence-electron chi connectivity index (χ3n) is 2.35. The van der Waals surface area contributed by atoms with Gasteiger partial charge in [-0.2, -0.15) is 0 Å². The van der Waals surface area contributed by atoms with E-state index in [2.05, 4.69) is 34.8 Å². The van der Waals surface area contributed by atoms with Crippen LogP contribution >= 0.6 is 15.9 Å². The second-order valence-corrected chi connectivity index (χ2v) is 5.17. The van der Waals surface area contributed by atoms with E-state index in [4.69, 9.17) is 0 Å². The summed E-state index contributed by atoms with van der Waals surface area (Å²) in [5, 5.41) is 0.673. The van der Waals surface area contributed by atoms with Crippen molar-refractivity contribution in [2.45, 2.75) is 20.4 Å². The van der Waals surface area contributed by atoms with Crippen LogP contribution in [0.3, 0.4) is 0 Å². The molecule has 0 amide bonds. The van der Waals surface area contributed by atoms with Gasteiger partial charge in [-0.1, -0.05) is 29.8 Å². The standard InChI is InChI=1S/C12H13BrN2O/c1-8(2)6-15-7-14-11-5-9(13)3-4-10(11)12(15)16/h3-5,7-8H,6H2,1-2H3. The van der Waals surface area contributed by atoms with E-state index in [1.54, 1.807) is 10.9 Å². The Hall–Kier alpha value is -1.16. The molecule has 0 atom stereocenters. The molecule has 1 aromatic heterocycles. The summed E-state index contributed by atoms with van der Waals surface area (Å²) in [6.07, 6.45) is 1.62. The Bertz CT molecular complexity index is 575. The van der Waals surface area contributed by atoms with Crippen LogP contribution in [0.5, 0.6) is 0 Å². The first-order valence-electron chi connectivity index (χ1n) is 5.22. The maximum atomic E-state index is 12.1. The molecule has 0 fully saturated rings. The molecule has 0 unspecified atom stereocenters. The molecule has 2 rings (SSSR count). The number of aromatic nitrogens is 2. The number of fused-ring (bicyclic) bond motifs is 1. The maximum Gasteiger partial charge on any atom is 0.261 e. The van der Waals surface area contributed by atoms with Gasteiger partial charge in [-0.3, -0.25) is 9.36 Å². The lowest BCUT2D eigenvalue weighted by Gasteiger charge is -2.08. The van der Waals surface area contributed by atoms with Crippen molar-refractivity contribution in [3.8, 4) is 0 Å². The third-order valence-corrected chi connectivity index (χ3v) is 2.84. The number of rotatable bonds is 2. The number of hydrogen-bond donors (Lipinski definition) is 0. The van der Waals surface area contributed by atoms with Gasteiger partial charge in [0.2, 0.25) is 0 Å². The SMILES string of the molecule is CC(C)Cn1cnc2cc(Br)ccc2c1=O. The third kappa shape index (κ3) is 2.16. The van der Waals surface area contributed by atoms with E-state index in [0.717, 1.165) is 9.99 Å². The maximum absolute atomic E-state index is 12.1. The van der Waals surface area contributed by atoms with Crippen molar-refractivity contribution in [2.75, 3.05) is 0 Å². The molecule has 2 aromatic rings. The van der Waals surface area contributed by atoms with Gasteiger partial charge in [-0.05, 0) is 24.1 Å². The van der Waals surface area contributed by atoms with Crippen molar-refractivity contribution in [3.63, 3.8) is 0 Å². The number of nitrogens with zero attached hydrogens (tertiary/aromatic N) is 2. The molecular formula is C12H13BrN2O. The van der Waals surface area contributed by atoms with Crippen LogP contribution in [-0.4, -0.2) is 9.55 Å². The number of halogens is 1. The minimum Gasteiger partial charge on any atom is -0.298 e. The summed E-state index contributed by atoms with van der Waals surface area (Å²) in [4.78, 5) is 16.4. The highest BCUT2D eigenvalue weighted by Crippen LogP contribution is 2.14. The fourth-order valence-electron chi connectivity index (χ4n) is 1.65. The van der Waals surface area contributed by atoms with Crippen molar-refractivity contribution in [1.82, 2.24) is 9.55 Å². The van der Waals surface area contributed by atoms with Gasteiger partial charge in [-0.25, -0.2) is 4.98 Å². The average Bonchev–Trinajstić information content (AvgIpc) is 2.22. The van der Waals surface area contributed by atoms with Crippen molar-refractivity contribution in [3.05, 3.63) is 39.4 Å². The smallest absolute Gasteiger partial charge is 0.261 e. The molecule has 0 radical (unpaired) electrons. The zero-order chi connectivity index (χ0) is 11.7. The Labute approximate surface area is 102 Å². The van der Waals surface area contributed by atoms with E-state index in [9.17, 15) is 4.79 Å². The van der Waals surface area contributed by atoms with E-state index < -0.39 is 0 Å². The van der Waals surface area contributed by atoms with Gasteiger partial charge < -0.3 is 0 Å². The largest absolute Gasteiger partial charge is 0.298 e. The number of hydrogen-bond acceptors (Lipinski definition) is 2. The molecule has 0 aliphatic rings. The minimum atomic E-state index is 0.0335. The molecule has 3 nitrogen and oxygen atoms in total. The summed E-state index contributed by atoms with van der Waals surface area (Å²) in [6.45, 7) is 4.87. The molecule has 16 heavy (non-hydrogen) atoms. The molecule has 0 N–H and O–H groups in total. The summed E-state index contributed by atoms with van der Waals surface area (Å²) < 4.78 is 2.61. The second kappa shape index (κ2) is 4.37. The Balaban J connectivity index is 2.61. The number of benzene rings is 1. The van der Waals surface area contributed by atoms with Crippen LogP contribution in [0.1, 0.15) is 13.8 Å². The van der Waals surface area contributed by atoms with Gasteiger partial charge in [0.1, 0.15) is 0 Å². The molecule has 0 spiro atoms. The lowest BCUT2D eigenvalue weighted by molar-refractivity contribution is 0.508. The molecule has 84 valence electrons. The normalized spacial score (nSPS) is 11.2. The summed E-state index contributed by atoms with van der Waals surface area (Å²) in [7, 11) is 0. The predicted octanol–water partition coefficient (Wildman–Crippen LogP) is 2.82. The fourth-order valence-corrected chi connectivity index (χ4v) is 2.00. The lowest BCUT2D eigenvalue weighted by atomic mass is 10.2. The first kappa shape index (κ1) is 11.3. The summed E-state index contributed by atoms with van der Waals surface area (Å²) in [5.41, 5.74) is 0.769. The zero-order valence-electron chi connectivity index (χ0n) is 9.27. The average molecular weight is 281 g/mol. The van der Waals surface area contributed by atoms with Gasteiger partial charge >= 0.3 is 0 Å². The first-order valence-corrected chi connectivity index (χ1v) is 6.02. The highest BCUT2D eigenvalue weighted by Gasteiger charge is 2.05. The Morgan fingerprint density at radius 3 is 2.88 bits per heavy atom. The van der Waals surface area contributed by atoms with E-state index in [0.29, 0.717) is 17.8 Å². The van der Waals surface area contributed by atoms with Gasteiger partial charge in [0, 0.05) is 11.0 Å². The molecule has 1 aromatic carbocycles. The van der Waals surface area contributed by atoms with E-state index in [-0.39, 0.29) is 5.56 Å². The first-order chi connectivity index (χ1) is 7.58. The van der Waals surface area contributed by atoms with Crippen molar-refractivity contribution in [2.24, 2.45) is 5.92 Å². The summed E-state index contributed by atoms with van der Waals surface area (Å²) >= 11 is 3.37. The van der Waals surface area contributed by atoms with E-state index in [1.807, 2.05) is 18.2 Å². The van der Waals surface area contributed by atoms with Crippen LogP contribution in [-0.2, 0) is 6.54 Å². The van der Waals surface area contributed by atoms with Gasteiger partial charge in [-0.15, -0.1) is 0 Å². The second-order valence-electron chi connectivity index (χ2n) is 4.26. The summed E-state index contributed by atoms with van der Waals surface area (Å²) in [6, 6.07) is 5.53. The lowest BCUT2D eigenvalue weighted by Crippen LogP contribution is -2.22. The Kier molecular flexibility index (Phi) is 3.10. The van der Waals surface area contributed by atoms with Crippen molar-refractivity contribution >= 4 is 26.8 Å². The van der Waals surface area contributed by atoms with Crippen LogP contribution in [0, 0.1) is 5.92 Å². The molecule has 0 saturated heterocycles. The Morgan fingerprint density at radius 2 is 2.19 bits per heavy atom. The molecule has 0 aliphatic heterocycles. The zero-order valence-corrected chi connectivity index (χ0v) is 10.9. The highest BCUT2D eigenvalue weighted by molar-refractivity contribution is 9.10. The van der Waals surface area contributed by atoms with Gasteiger partial charge in [0.05, 0.1) is 17.2 Å². The van der Waals surface area contributed by atoms with Crippen molar-refractivity contribution < 1.29 is 0 Å². The van der Waals surface area contributed by atoms with Crippen LogP contribution in [0.4, 0.5) is 0 Å². The van der Waals surface area contributed by atoms with E-state index >= 15 is 0 Å². The molecule has 0 aliphatic carbocycles. The van der Waals surface area contributed by atoms with Crippen LogP contribution in [0.2, 0.25) is 0 Å². The monoisotopic (exact) mass is 280 g/mol. The van der Waals surface area contributed by atoms with Crippen LogP contribution < -0.4 is 5.56 Å². The predicted molar refractivity (Wildman–Crippen MR) is 68.5 cm³/mol. The van der Waals surface area contributed by atoms with Crippen LogP contribution in [0.25, 0.3) is 10.9 Å². The fraction of sp³-hybridized carbons (Fsp3) is 0.333. The molecular weight excluding hydrogens is 268 g/mol. The topological polar surface area (TPSA) is 34.9 Å². The molecule has 4 heteroatoms. The van der Waals surface area contributed by atoms with Crippen molar-refractivity contribution in [1.29, 1.82) is 0 Å². The molecule has 0 bridgehead atoms. The van der Waals surface area contributed by atoms with E-state index in [1.165, 1.54) is 0 Å². The van der Waals surface area contributed by atoms with Crippen LogP contribution in [0.15, 0.2) is 33.8 Å². The summed E-state index contributed by atoms with van der Waals surface area (Å²) in [5.74, 6) is 0.437. The minimum absolute atomic E-state index is 0.0335. The Morgan fingerprint density at radius 1 is 1.44 bits per heavy atom. The van der Waals surface area contributed by atoms with Gasteiger partial charge in [0.15, 0.2) is 0 Å². The molecule has 0 saturated carbocycles. The highest BCUT2D eigenvalue weighted by atomic mass is 79.9.